The third kappa shape index (κ3) is 2.77. The van der Waals surface area contributed by atoms with Crippen molar-refractivity contribution in [3.8, 4) is 0 Å². The van der Waals surface area contributed by atoms with Gasteiger partial charge in [0.15, 0.2) is 0 Å². The van der Waals surface area contributed by atoms with Crippen molar-refractivity contribution in [2.75, 3.05) is 6.54 Å². The van der Waals surface area contributed by atoms with Crippen LogP contribution in [0.3, 0.4) is 0 Å². The molecule has 8 heteroatoms. The van der Waals surface area contributed by atoms with Crippen LogP contribution in [-0.2, 0) is 21.4 Å². The van der Waals surface area contributed by atoms with Gasteiger partial charge in [-0.05, 0) is 0 Å². The Hall–Kier alpha value is -1.54. The van der Waals surface area contributed by atoms with Crippen LogP contribution >= 0.6 is 0 Å². The summed E-state index contributed by atoms with van der Waals surface area (Å²) in [7, 11) is -3.66. The van der Waals surface area contributed by atoms with E-state index in [-0.39, 0.29) is 25.4 Å². The largest absolute Gasteiger partial charge is 0.335 e. The van der Waals surface area contributed by atoms with Gasteiger partial charge in [0.1, 0.15) is 5.25 Å². The lowest BCUT2D eigenvalue weighted by Crippen LogP contribution is -2.32. The average molecular weight is 256 g/mol. The number of nitrogens with zero attached hydrogens (tertiary/aromatic N) is 3. The molecule has 92 valence electrons. The molecule has 0 spiro atoms. The van der Waals surface area contributed by atoms with E-state index in [1.54, 1.807) is 0 Å². The molecule has 1 unspecified atom stereocenters. The molecule has 17 heavy (non-hydrogen) atoms. The third-order valence-electron chi connectivity index (χ3n) is 2.61. The number of rotatable bonds is 3. The van der Waals surface area contributed by atoms with E-state index in [9.17, 15) is 13.2 Å². The van der Waals surface area contributed by atoms with Crippen molar-refractivity contribution in [3.05, 3.63) is 24.3 Å². The third-order valence-corrected chi connectivity index (χ3v) is 3.86. The van der Waals surface area contributed by atoms with E-state index in [0.717, 1.165) is 0 Å². The molecule has 1 aliphatic heterocycles. The summed E-state index contributed by atoms with van der Waals surface area (Å²) in [5, 5.41) is 4.21. The first-order valence-corrected chi connectivity index (χ1v) is 6.62. The van der Waals surface area contributed by atoms with Gasteiger partial charge in [-0.25, -0.2) is 13.6 Å². The molecular weight excluding hydrogens is 244 g/mol. The molecule has 2 N–H and O–H groups in total. The van der Waals surface area contributed by atoms with E-state index >= 15 is 0 Å². The van der Waals surface area contributed by atoms with Crippen LogP contribution in [0.4, 0.5) is 0 Å². The molecule has 1 fully saturated rings. The lowest BCUT2D eigenvalue weighted by atomic mass is 10.4. The minimum absolute atomic E-state index is 0.0565. The molecule has 1 aromatic heterocycles. The van der Waals surface area contributed by atoms with Crippen LogP contribution in [-0.4, -0.2) is 41.0 Å². The number of sulfonamides is 1. The molecule has 2 heterocycles. The second kappa shape index (κ2) is 4.38. The van der Waals surface area contributed by atoms with Gasteiger partial charge < -0.3 is 4.90 Å². The maximum atomic E-state index is 11.6. The highest BCUT2D eigenvalue weighted by Crippen LogP contribution is 2.18. The molecule has 1 atom stereocenters. The van der Waals surface area contributed by atoms with Crippen molar-refractivity contribution in [2.24, 2.45) is 5.14 Å². The average Bonchev–Trinajstić information content (AvgIpc) is 2.62. The van der Waals surface area contributed by atoms with Gasteiger partial charge >= 0.3 is 0 Å². The Morgan fingerprint density at radius 3 is 2.76 bits per heavy atom. The van der Waals surface area contributed by atoms with Crippen LogP contribution in [0.5, 0.6) is 0 Å². The highest BCUT2D eigenvalue weighted by molar-refractivity contribution is 7.89. The van der Waals surface area contributed by atoms with Crippen molar-refractivity contribution < 1.29 is 13.2 Å². The highest BCUT2D eigenvalue weighted by Gasteiger charge is 2.36. The zero-order chi connectivity index (χ0) is 12.5. The van der Waals surface area contributed by atoms with Gasteiger partial charge in [-0.1, -0.05) is 0 Å². The number of aromatic nitrogens is 2. The summed E-state index contributed by atoms with van der Waals surface area (Å²) in [4.78, 5) is 20.9. The van der Waals surface area contributed by atoms with Gasteiger partial charge in [0.05, 0.1) is 18.4 Å². The van der Waals surface area contributed by atoms with Crippen LogP contribution in [0, 0.1) is 0 Å². The minimum Gasteiger partial charge on any atom is -0.335 e. The smallest absolute Gasteiger partial charge is 0.224 e. The fourth-order valence-corrected chi connectivity index (χ4v) is 2.48. The zero-order valence-electron chi connectivity index (χ0n) is 8.98. The predicted octanol–water partition coefficient (Wildman–Crippen LogP) is -1.13. The fraction of sp³-hybridized carbons (Fsp3) is 0.444. The summed E-state index contributed by atoms with van der Waals surface area (Å²) in [5.41, 5.74) is 0.621. The molecule has 0 bridgehead atoms. The molecule has 1 saturated heterocycles. The van der Waals surface area contributed by atoms with Gasteiger partial charge in [-0.15, -0.1) is 0 Å². The summed E-state index contributed by atoms with van der Waals surface area (Å²) in [5.74, 6) is -0.227. The van der Waals surface area contributed by atoms with Crippen molar-refractivity contribution in [1.82, 2.24) is 14.9 Å². The van der Waals surface area contributed by atoms with Crippen LogP contribution in [0.15, 0.2) is 18.6 Å². The van der Waals surface area contributed by atoms with Gasteiger partial charge in [-0.3, -0.25) is 14.8 Å². The minimum atomic E-state index is -3.66. The first-order valence-electron chi connectivity index (χ1n) is 5.01. The summed E-state index contributed by atoms with van der Waals surface area (Å²) in [6.45, 7) is 0.382. The lowest BCUT2D eigenvalue weighted by Gasteiger charge is -2.15. The molecule has 0 saturated carbocycles. The van der Waals surface area contributed by atoms with Crippen molar-refractivity contribution in [1.29, 1.82) is 0 Å². The van der Waals surface area contributed by atoms with Gasteiger partial charge in [0, 0.05) is 25.4 Å². The molecule has 1 aliphatic rings. The normalized spacial score (nSPS) is 20.9. The Bertz CT molecular complexity index is 516. The summed E-state index contributed by atoms with van der Waals surface area (Å²) in [6.07, 6.45) is 4.53. The summed E-state index contributed by atoms with van der Waals surface area (Å²) < 4.78 is 22.3. The molecule has 0 aromatic carbocycles. The Morgan fingerprint density at radius 2 is 2.24 bits per heavy atom. The number of nitrogens with two attached hydrogens (primary N) is 1. The highest BCUT2D eigenvalue weighted by atomic mass is 32.2. The van der Waals surface area contributed by atoms with E-state index in [4.69, 9.17) is 5.14 Å². The van der Waals surface area contributed by atoms with Crippen LogP contribution in [0.1, 0.15) is 12.1 Å². The lowest BCUT2D eigenvalue weighted by molar-refractivity contribution is -0.128. The zero-order valence-corrected chi connectivity index (χ0v) is 9.80. The van der Waals surface area contributed by atoms with Crippen molar-refractivity contribution in [2.45, 2.75) is 18.2 Å². The maximum absolute atomic E-state index is 11.6. The van der Waals surface area contributed by atoms with Crippen molar-refractivity contribution >= 4 is 15.9 Å². The first kappa shape index (κ1) is 11.9. The van der Waals surface area contributed by atoms with E-state index in [2.05, 4.69) is 9.97 Å². The van der Waals surface area contributed by atoms with Crippen LogP contribution < -0.4 is 5.14 Å². The van der Waals surface area contributed by atoms with E-state index in [1.165, 1.54) is 23.5 Å². The first-order chi connectivity index (χ1) is 7.97. The quantitative estimate of drug-likeness (QED) is 0.736. The molecule has 1 amide bonds. The SMILES string of the molecule is NS(=O)(=O)C1CC(=O)N(Cc2cnccn2)C1. The number of hydrogen-bond acceptors (Lipinski definition) is 5. The van der Waals surface area contributed by atoms with Gasteiger partial charge in [-0.2, -0.15) is 0 Å². The van der Waals surface area contributed by atoms with E-state index in [1.807, 2.05) is 0 Å². The topological polar surface area (TPSA) is 106 Å². The Kier molecular flexibility index (Phi) is 3.07. The molecular formula is C9H12N4O3S. The summed E-state index contributed by atoms with van der Waals surface area (Å²) >= 11 is 0. The molecule has 2 rings (SSSR count). The van der Waals surface area contributed by atoms with E-state index in [0.29, 0.717) is 5.69 Å². The molecule has 1 aromatic rings. The predicted molar refractivity (Wildman–Crippen MR) is 59.0 cm³/mol. The number of hydrogen-bond donors (Lipinski definition) is 1. The second-order valence-corrected chi connectivity index (χ2v) is 5.73. The molecule has 0 aliphatic carbocycles. The monoisotopic (exact) mass is 256 g/mol. The standard InChI is InChI=1S/C9H12N4O3S/c10-17(15,16)8-3-9(14)13(6-8)5-7-4-11-1-2-12-7/h1-2,4,8H,3,5-6H2,(H2,10,15,16). The number of amides is 1. The van der Waals surface area contributed by atoms with Crippen LogP contribution in [0.25, 0.3) is 0 Å². The number of carbonyl (C=O) groups is 1. The van der Waals surface area contributed by atoms with Gasteiger partial charge in [0.2, 0.25) is 15.9 Å². The Labute approximate surface area is 98.7 Å². The molecule has 0 radical (unpaired) electrons. The van der Waals surface area contributed by atoms with Crippen molar-refractivity contribution in [3.63, 3.8) is 0 Å². The fourth-order valence-electron chi connectivity index (χ4n) is 1.72. The number of carbonyl (C=O) groups excluding carboxylic acids is 1. The van der Waals surface area contributed by atoms with Gasteiger partial charge in [0.25, 0.3) is 0 Å². The Balaban J connectivity index is 2.07. The maximum Gasteiger partial charge on any atom is 0.224 e. The number of likely N-dealkylation sites (tertiary alicyclic amines) is 1. The van der Waals surface area contributed by atoms with Crippen LogP contribution in [0.2, 0.25) is 0 Å². The summed E-state index contributed by atoms with van der Waals surface area (Å²) in [6, 6.07) is 0. The second-order valence-electron chi connectivity index (χ2n) is 3.89. The van der Waals surface area contributed by atoms with E-state index < -0.39 is 15.3 Å². The molecule has 7 nitrogen and oxygen atoms in total. The Morgan fingerprint density at radius 1 is 1.47 bits per heavy atom. The number of primary sulfonamides is 1.